The van der Waals surface area contributed by atoms with Gasteiger partial charge in [-0.15, -0.1) is 0 Å². The van der Waals surface area contributed by atoms with Crippen molar-refractivity contribution in [1.29, 1.82) is 0 Å². The van der Waals surface area contributed by atoms with E-state index in [0.29, 0.717) is 19.4 Å². The lowest BCUT2D eigenvalue weighted by Crippen LogP contribution is -2.48. The molecule has 1 aliphatic heterocycles. The highest BCUT2D eigenvalue weighted by Gasteiger charge is 2.27. The van der Waals surface area contributed by atoms with Gasteiger partial charge in [0.15, 0.2) is 0 Å². The Balaban J connectivity index is 2.05. The van der Waals surface area contributed by atoms with Crippen LogP contribution in [-0.4, -0.2) is 49.1 Å². The summed E-state index contributed by atoms with van der Waals surface area (Å²) in [6, 6.07) is -0.238. The number of rotatable bonds is 3. The number of hydrogen-bond donors (Lipinski definition) is 2. The van der Waals surface area contributed by atoms with Crippen molar-refractivity contribution in [2.45, 2.75) is 23.8 Å². The van der Waals surface area contributed by atoms with Gasteiger partial charge in [0.2, 0.25) is 15.9 Å². The Kier molecular flexibility index (Phi) is 3.16. The smallest absolute Gasteiger partial charge is 0.243 e. The average Bonchev–Trinajstić information content (AvgIpc) is 2.77. The predicted molar refractivity (Wildman–Crippen MR) is 59.6 cm³/mol. The summed E-state index contributed by atoms with van der Waals surface area (Å²) in [6.45, 7) is 0.399. The van der Waals surface area contributed by atoms with E-state index < -0.39 is 10.0 Å². The topological polar surface area (TPSA) is 95.2 Å². The van der Waals surface area contributed by atoms with Crippen molar-refractivity contribution in [2.75, 3.05) is 13.6 Å². The van der Waals surface area contributed by atoms with E-state index in [9.17, 15) is 13.2 Å². The number of likely N-dealkylation sites (tertiary alicyclic amines) is 1. The van der Waals surface area contributed by atoms with Gasteiger partial charge in [0.25, 0.3) is 0 Å². The Hall–Kier alpha value is -1.41. The number of H-pyrrole nitrogens is 1. The number of carbonyl (C=O) groups is 1. The van der Waals surface area contributed by atoms with Crippen molar-refractivity contribution in [1.82, 2.24) is 19.8 Å². The summed E-state index contributed by atoms with van der Waals surface area (Å²) in [5, 5.41) is 6.06. The summed E-state index contributed by atoms with van der Waals surface area (Å²) in [4.78, 5) is 12.9. The van der Waals surface area contributed by atoms with Gasteiger partial charge in [-0.05, 0) is 6.42 Å². The normalized spacial score (nSPS) is 21.8. The van der Waals surface area contributed by atoms with Crippen LogP contribution in [0.25, 0.3) is 0 Å². The summed E-state index contributed by atoms with van der Waals surface area (Å²) in [5.41, 5.74) is 0. The molecule has 1 aromatic rings. The second kappa shape index (κ2) is 4.46. The molecule has 17 heavy (non-hydrogen) atoms. The van der Waals surface area contributed by atoms with E-state index in [1.54, 1.807) is 7.05 Å². The first-order chi connectivity index (χ1) is 7.99. The van der Waals surface area contributed by atoms with Crippen LogP contribution in [-0.2, 0) is 14.8 Å². The summed E-state index contributed by atoms with van der Waals surface area (Å²) >= 11 is 0. The number of aromatic amines is 1. The molecule has 1 amide bonds. The zero-order valence-corrected chi connectivity index (χ0v) is 10.2. The van der Waals surface area contributed by atoms with Gasteiger partial charge in [-0.1, -0.05) is 0 Å². The lowest BCUT2D eigenvalue weighted by molar-refractivity contribution is -0.132. The zero-order chi connectivity index (χ0) is 12.5. The molecule has 0 aliphatic carbocycles. The van der Waals surface area contributed by atoms with Gasteiger partial charge in [0, 0.05) is 32.3 Å². The van der Waals surface area contributed by atoms with E-state index in [1.165, 1.54) is 17.3 Å². The van der Waals surface area contributed by atoms with Crippen molar-refractivity contribution in [3.8, 4) is 0 Å². The van der Waals surface area contributed by atoms with Crippen LogP contribution in [0.2, 0.25) is 0 Å². The quantitative estimate of drug-likeness (QED) is 0.750. The van der Waals surface area contributed by atoms with Crippen LogP contribution in [0.5, 0.6) is 0 Å². The van der Waals surface area contributed by atoms with E-state index in [1.807, 2.05) is 0 Å². The molecule has 1 aliphatic rings. The van der Waals surface area contributed by atoms with Gasteiger partial charge in [-0.3, -0.25) is 9.89 Å². The first-order valence-electron chi connectivity index (χ1n) is 5.24. The van der Waals surface area contributed by atoms with Crippen molar-refractivity contribution >= 4 is 15.9 Å². The average molecular weight is 258 g/mol. The highest BCUT2D eigenvalue weighted by Crippen LogP contribution is 2.13. The molecule has 1 saturated heterocycles. The summed E-state index contributed by atoms with van der Waals surface area (Å²) in [6.07, 6.45) is 3.47. The third-order valence-electron chi connectivity index (χ3n) is 2.73. The van der Waals surface area contributed by atoms with Crippen molar-refractivity contribution in [3.05, 3.63) is 12.4 Å². The molecule has 1 fully saturated rings. The maximum absolute atomic E-state index is 11.9. The highest BCUT2D eigenvalue weighted by atomic mass is 32.2. The van der Waals surface area contributed by atoms with E-state index in [4.69, 9.17) is 0 Å². The van der Waals surface area contributed by atoms with Gasteiger partial charge in [0.05, 0.1) is 6.20 Å². The Morgan fingerprint density at radius 1 is 1.59 bits per heavy atom. The molecule has 1 aromatic heterocycles. The monoisotopic (exact) mass is 258 g/mol. The fourth-order valence-electron chi connectivity index (χ4n) is 1.78. The number of nitrogens with zero attached hydrogens (tertiary/aromatic N) is 2. The minimum atomic E-state index is -3.54. The molecule has 0 saturated carbocycles. The molecule has 1 unspecified atom stereocenters. The Morgan fingerprint density at radius 3 is 2.94 bits per heavy atom. The maximum Gasteiger partial charge on any atom is 0.243 e. The SMILES string of the molecule is CN1CC(NS(=O)(=O)c2cn[nH]c2)CCC1=O. The lowest BCUT2D eigenvalue weighted by atomic mass is 10.1. The third-order valence-corrected chi connectivity index (χ3v) is 4.22. The van der Waals surface area contributed by atoms with Crippen molar-refractivity contribution < 1.29 is 13.2 Å². The molecule has 7 nitrogen and oxygen atoms in total. The fourth-order valence-corrected chi connectivity index (χ4v) is 2.95. The van der Waals surface area contributed by atoms with E-state index in [2.05, 4.69) is 14.9 Å². The minimum Gasteiger partial charge on any atom is -0.344 e. The van der Waals surface area contributed by atoms with E-state index in [0.717, 1.165) is 0 Å². The Labute approximate surface area is 99.2 Å². The number of likely N-dealkylation sites (N-methyl/N-ethyl adjacent to an activating group) is 1. The number of nitrogens with one attached hydrogen (secondary N) is 2. The fraction of sp³-hybridized carbons (Fsp3) is 0.556. The molecular weight excluding hydrogens is 244 g/mol. The van der Waals surface area contributed by atoms with Crippen molar-refractivity contribution in [2.24, 2.45) is 0 Å². The number of sulfonamides is 1. The highest BCUT2D eigenvalue weighted by molar-refractivity contribution is 7.89. The first kappa shape index (κ1) is 12.1. The Bertz CT molecular complexity index is 496. The van der Waals surface area contributed by atoms with E-state index >= 15 is 0 Å². The Morgan fingerprint density at radius 2 is 2.35 bits per heavy atom. The molecular formula is C9H14N4O3S. The summed E-state index contributed by atoms with van der Waals surface area (Å²) in [7, 11) is -1.87. The second-order valence-electron chi connectivity index (χ2n) is 4.07. The minimum absolute atomic E-state index is 0.0451. The number of hydrogen-bond acceptors (Lipinski definition) is 4. The molecule has 94 valence electrons. The van der Waals surface area contributed by atoms with Crippen LogP contribution in [0, 0.1) is 0 Å². The maximum atomic E-state index is 11.9. The van der Waals surface area contributed by atoms with Gasteiger partial charge < -0.3 is 4.90 Å². The number of aromatic nitrogens is 2. The molecule has 2 N–H and O–H groups in total. The standard InChI is InChI=1S/C9H14N4O3S/c1-13-6-7(2-3-9(13)14)12-17(15,16)8-4-10-11-5-8/h4-5,7,12H,2-3,6H2,1H3,(H,10,11). The molecule has 2 rings (SSSR count). The largest absolute Gasteiger partial charge is 0.344 e. The first-order valence-corrected chi connectivity index (χ1v) is 6.72. The van der Waals surface area contributed by atoms with Gasteiger partial charge >= 0.3 is 0 Å². The second-order valence-corrected chi connectivity index (χ2v) is 5.78. The van der Waals surface area contributed by atoms with Crippen LogP contribution >= 0.6 is 0 Å². The molecule has 2 heterocycles. The third kappa shape index (κ3) is 2.64. The molecule has 8 heteroatoms. The van der Waals surface area contributed by atoms with Crippen LogP contribution in [0.1, 0.15) is 12.8 Å². The van der Waals surface area contributed by atoms with Gasteiger partial charge in [-0.25, -0.2) is 13.1 Å². The van der Waals surface area contributed by atoms with E-state index in [-0.39, 0.29) is 16.8 Å². The van der Waals surface area contributed by atoms with Crippen molar-refractivity contribution in [3.63, 3.8) is 0 Å². The predicted octanol–water partition coefficient (Wildman–Crippen LogP) is -0.691. The summed E-state index contributed by atoms with van der Waals surface area (Å²) < 4.78 is 26.3. The van der Waals surface area contributed by atoms with Crippen LogP contribution in [0.4, 0.5) is 0 Å². The van der Waals surface area contributed by atoms with Crippen LogP contribution in [0.3, 0.4) is 0 Å². The zero-order valence-electron chi connectivity index (χ0n) is 9.38. The van der Waals surface area contributed by atoms with Crippen LogP contribution < -0.4 is 4.72 Å². The number of amides is 1. The van der Waals surface area contributed by atoms with Gasteiger partial charge in [0.1, 0.15) is 4.90 Å². The molecule has 0 bridgehead atoms. The number of piperidine rings is 1. The lowest BCUT2D eigenvalue weighted by Gasteiger charge is -2.29. The summed E-state index contributed by atoms with van der Waals surface area (Å²) in [5.74, 6) is 0.0451. The van der Waals surface area contributed by atoms with Crippen LogP contribution in [0.15, 0.2) is 17.3 Å². The molecule has 1 atom stereocenters. The molecule has 0 spiro atoms. The molecule has 0 aromatic carbocycles. The number of carbonyl (C=O) groups excluding carboxylic acids is 1. The molecule has 0 radical (unpaired) electrons. The van der Waals surface area contributed by atoms with Gasteiger partial charge in [-0.2, -0.15) is 5.10 Å².